The van der Waals surface area contributed by atoms with Crippen LogP contribution in [0, 0.1) is 6.92 Å². The quantitative estimate of drug-likeness (QED) is 0.776. The van der Waals surface area contributed by atoms with Gasteiger partial charge in [0.2, 0.25) is 5.91 Å². The van der Waals surface area contributed by atoms with Crippen molar-refractivity contribution in [3.05, 3.63) is 29.3 Å². The third-order valence-corrected chi connectivity index (χ3v) is 4.86. The number of carbonyl (C=O) groups excluding carboxylic acids is 1. The number of rotatable bonds is 6. The number of aryl methyl sites for hydroxylation is 1. The summed E-state index contributed by atoms with van der Waals surface area (Å²) in [5, 5.41) is 3.03. The molecule has 1 amide bonds. The molecule has 1 aromatic carbocycles. The predicted molar refractivity (Wildman–Crippen MR) is 110 cm³/mol. The maximum Gasteiger partial charge on any atom is 0.224 e. The van der Waals surface area contributed by atoms with Crippen molar-refractivity contribution in [3.63, 3.8) is 0 Å². The Hall–Kier alpha value is -0.460. The molecule has 1 heterocycles. The van der Waals surface area contributed by atoms with Crippen LogP contribution in [0.25, 0.3) is 0 Å². The van der Waals surface area contributed by atoms with Gasteiger partial charge in [-0.3, -0.25) is 9.69 Å². The van der Waals surface area contributed by atoms with Crippen molar-refractivity contribution in [2.75, 3.05) is 29.9 Å². The minimum atomic E-state index is 0. The van der Waals surface area contributed by atoms with Crippen LogP contribution in [0.5, 0.6) is 0 Å². The van der Waals surface area contributed by atoms with Crippen molar-refractivity contribution < 1.29 is 4.79 Å². The minimum Gasteiger partial charge on any atom is -0.328 e. The van der Waals surface area contributed by atoms with Gasteiger partial charge in [0.05, 0.1) is 0 Å². The summed E-state index contributed by atoms with van der Waals surface area (Å²) in [7, 11) is 0. The first-order valence-corrected chi connectivity index (χ1v) is 9.15. The fourth-order valence-corrected chi connectivity index (χ4v) is 3.47. The molecular formula is C17H29Cl2N3OS. The Morgan fingerprint density at radius 2 is 2.00 bits per heavy atom. The molecule has 1 aromatic rings. The molecule has 2 rings (SSSR count). The van der Waals surface area contributed by atoms with Gasteiger partial charge in [0.25, 0.3) is 0 Å². The van der Waals surface area contributed by atoms with Crippen LogP contribution < -0.4 is 11.1 Å². The van der Waals surface area contributed by atoms with Gasteiger partial charge in [-0.15, -0.1) is 24.8 Å². The monoisotopic (exact) mass is 393 g/mol. The van der Waals surface area contributed by atoms with E-state index in [1.54, 1.807) is 0 Å². The van der Waals surface area contributed by atoms with Crippen molar-refractivity contribution in [1.82, 2.24) is 4.90 Å². The number of thioether (sulfide) groups is 1. The Morgan fingerprint density at radius 3 is 2.62 bits per heavy atom. The molecule has 1 unspecified atom stereocenters. The van der Waals surface area contributed by atoms with Gasteiger partial charge in [-0.05, 0) is 37.5 Å². The van der Waals surface area contributed by atoms with Gasteiger partial charge in [0.15, 0.2) is 0 Å². The molecule has 138 valence electrons. The van der Waals surface area contributed by atoms with Crippen LogP contribution in [0.4, 0.5) is 5.69 Å². The second-order valence-electron chi connectivity index (χ2n) is 6.10. The number of nitrogens with one attached hydrogen (secondary N) is 1. The molecular weight excluding hydrogens is 365 g/mol. The largest absolute Gasteiger partial charge is 0.328 e. The first kappa shape index (κ1) is 23.5. The highest BCUT2D eigenvalue weighted by molar-refractivity contribution is 7.99. The molecule has 24 heavy (non-hydrogen) atoms. The van der Waals surface area contributed by atoms with Gasteiger partial charge < -0.3 is 11.1 Å². The first-order chi connectivity index (χ1) is 10.5. The van der Waals surface area contributed by atoms with E-state index in [9.17, 15) is 4.79 Å². The van der Waals surface area contributed by atoms with Crippen LogP contribution in [0.3, 0.4) is 0 Å². The lowest BCUT2D eigenvalue weighted by Crippen LogP contribution is -2.32. The molecule has 1 aliphatic rings. The van der Waals surface area contributed by atoms with Crippen LogP contribution in [-0.2, 0) is 11.3 Å². The second-order valence-corrected chi connectivity index (χ2v) is 7.33. The average Bonchev–Trinajstić information content (AvgIpc) is 2.50. The number of amides is 1. The van der Waals surface area contributed by atoms with Gasteiger partial charge in [0.1, 0.15) is 0 Å². The second kappa shape index (κ2) is 12.0. The summed E-state index contributed by atoms with van der Waals surface area (Å²) in [5.74, 6) is 2.48. The van der Waals surface area contributed by atoms with Gasteiger partial charge in [0, 0.05) is 49.3 Å². The third kappa shape index (κ3) is 8.08. The molecule has 1 aliphatic heterocycles. The van der Waals surface area contributed by atoms with Gasteiger partial charge in [-0.1, -0.05) is 12.1 Å². The van der Waals surface area contributed by atoms with E-state index >= 15 is 0 Å². The van der Waals surface area contributed by atoms with Crippen molar-refractivity contribution in [1.29, 1.82) is 0 Å². The smallest absolute Gasteiger partial charge is 0.224 e. The number of anilines is 1. The van der Waals surface area contributed by atoms with E-state index in [0.29, 0.717) is 6.42 Å². The normalized spacial score (nSPS) is 15.8. The minimum absolute atomic E-state index is 0. The average molecular weight is 394 g/mol. The Balaban J connectivity index is 0.00000264. The molecule has 4 nitrogen and oxygen atoms in total. The molecule has 0 aromatic heterocycles. The molecule has 0 spiro atoms. The van der Waals surface area contributed by atoms with Crippen LogP contribution >= 0.6 is 36.6 Å². The summed E-state index contributed by atoms with van der Waals surface area (Å²) in [5.41, 5.74) is 9.00. The molecule has 7 heteroatoms. The van der Waals surface area contributed by atoms with Crippen LogP contribution in [-0.4, -0.2) is 41.4 Å². The van der Waals surface area contributed by atoms with Crippen LogP contribution in [0.2, 0.25) is 0 Å². The number of hydrogen-bond donors (Lipinski definition) is 2. The highest BCUT2D eigenvalue weighted by atomic mass is 35.5. The van der Waals surface area contributed by atoms with Crippen molar-refractivity contribution in [3.8, 4) is 0 Å². The Kier molecular flexibility index (Phi) is 11.8. The Bertz CT molecular complexity index is 509. The predicted octanol–water partition coefficient (Wildman–Crippen LogP) is 3.45. The maximum atomic E-state index is 12.0. The van der Waals surface area contributed by atoms with E-state index in [1.807, 2.05) is 25.6 Å². The molecule has 1 fully saturated rings. The van der Waals surface area contributed by atoms with Crippen molar-refractivity contribution >= 4 is 48.2 Å². The van der Waals surface area contributed by atoms with Crippen molar-refractivity contribution in [2.24, 2.45) is 5.73 Å². The zero-order valence-corrected chi connectivity index (χ0v) is 16.9. The number of halogens is 2. The third-order valence-electron chi connectivity index (χ3n) is 3.91. The molecule has 1 saturated heterocycles. The lowest BCUT2D eigenvalue weighted by molar-refractivity contribution is -0.116. The molecule has 0 bridgehead atoms. The summed E-state index contributed by atoms with van der Waals surface area (Å²) >= 11 is 2.02. The zero-order chi connectivity index (χ0) is 15.9. The highest BCUT2D eigenvalue weighted by Crippen LogP contribution is 2.20. The van der Waals surface area contributed by atoms with Gasteiger partial charge >= 0.3 is 0 Å². The topological polar surface area (TPSA) is 58.4 Å². The summed E-state index contributed by atoms with van der Waals surface area (Å²) < 4.78 is 0. The van der Waals surface area contributed by atoms with Gasteiger partial charge in [-0.2, -0.15) is 11.8 Å². The van der Waals surface area contributed by atoms with E-state index in [-0.39, 0.29) is 36.8 Å². The zero-order valence-electron chi connectivity index (χ0n) is 14.4. The number of nitrogens with zero attached hydrogens (tertiary/aromatic N) is 1. The van der Waals surface area contributed by atoms with E-state index in [1.165, 1.54) is 17.1 Å². The maximum absolute atomic E-state index is 12.0. The van der Waals surface area contributed by atoms with E-state index in [4.69, 9.17) is 5.73 Å². The molecule has 0 radical (unpaired) electrons. The summed E-state index contributed by atoms with van der Waals surface area (Å²) in [6.45, 7) is 7.21. The number of hydrogen-bond acceptors (Lipinski definition) is 4. The first-order valence-electron chi connectivity index (χ1n) is 7.99. The Labute approximate surface area is 162 Å². The summed E-state index contributed by atoms with van der Waals surface area (Å²) in [6.07, 6.45) is 1.20. The number of benzene rings is 1. The standard InChI is InChI=1S/C17H27N3OS.2ClH/c1-13-3-5-15(12-20-7-9-22-10-8-20)11-16(13)19-17(21)6-4-14(2)18;;/h3,5,11,14H,4,6-10,12,18H2,1-2H3,(H,19,21);2*1H. The number of nitrogens with two attached hydrogens (primary N) is 1. The summed E-state index contributed by atoms with van der Waals surface area (Å²) in [6, 6.07) is 6.43. The fraction of sp³-hybridized carbons (Fsp3) is 0.588. The lowest BCUT2D eigenvalue weighted by atomic mass is 10.1. The molecule has 0 saturated carbocycles. The number of carbonyl (C=O) groups is 1. The molecule has 1 atom stereocenters. The SMILES string of the molecule is Cc1ccc(CN2CCSCC2)cc1NC(=O)CCC(C)N.Cl.Cl. The lowest BCUT2D eigenvalue weighted by Gasteiger charge is -2.26. The highest BCUT2D eigenvalue weighted by Gasteiger charge is 2.12. The summed E-state index contributed by atoms with van der Waals surface area (Å²) in [4.78, 5) is 14.5. The van der Waals surface area contributed by atoms with E-state index in [0.717, 1.165) is 37.3 Å². The fourth-order valence-electron chi connectivity index (χ4n) is 2.49. The molecule has 0 aliphatic carbocycles. The van der Waals surface area contributed by atoms with Crippen LogP contribution in [0.1, 0.15) is 30.9 Å². The van der Waals surface area contributed by atoms with E-state index in [2.05, 4.69) is 28.4 Å². The van der Waals surface area contributed by atoms with Crippen LogP contribution in [0.15, 0.2) is 18.2 Å². The Morgan fingerprint density at radius 1 is 1.33 bits per heavy atom. The molecule has 3 N–H and O–H groups in total. The van der Waals surface area contributed by atoms with Crippen molar-refractivity contribution in [2.45, 2.75) is 39.3 Å². The van der Waals surface area contributed by atoms with E-state index < -0.39 is 0 Å². The van der Waals surface area contributed by atoms with Gasteiger partial charge in [-0.25, -0.2) is 0 Å².